The number of alkyl halides is 3. The quantitative estimate of drug-likeness (QED) is 0.856. The first-order valence-corrected chi connectivity index (χ1v) is 5.04. The first kappa shape index (κ1) is 14.1. The number of hydrogen-bond acceptors (Lipinski definition) is 3. The zero-order chi connectivity index (χ0) is 14.1. The van der Waals surface area contributed by atoms with Gasteiger partial charge in [-0.05, 0) is 6.42 Å². The fraction of sp³-hybridized carbons (Fsp3) is 0.400. The summed E-state index contributed by atoms with van der Waals surface area (Å²) in [5, 5.41) is 9.58. The molecule has 0 bridgehead atoms. The van der Waals surface area contributed by atoms with Crippen LogP contribution < -0.4 is 11.3 Å². The lowest BCUT2D eigenvalue weighted by Crippen LogP contribution is -2.28. The summed E-state index contributed by atoms with van der Waals surface area (Å²) in [6.45, 7) is 1.65. The van der Waals surface area contributed by atoms with Gasteiger partial charge in [-0.1, -0.05) is 6.92 Å². The SMILES string of the molecule is CCCn1c(O)c(C(N)=O)c(C(F)(F)F)cc1=O. The van der Waals surface area contributed by atoms with E-state index in [1.54, 1.807) is 6.92 Å². The fourth-order valence-electron chi connectivity index (χ4n) is 1.54. The van der Waals surface area contributed by atoms with E-state index < -0.39 is 34.6 Å². The van der Waals surface area contributed by atoms with Crippen LogP contribution in [0.15, 0.2) is 10.9 Å². The standard InChI is InChI=1S/C10H11F3N2O3/c1-2-3-15-6(16)4-5(10(11,12)13)7(8(14)17)9(15)18/h4,18H,2-3H2,1H3,(H2,14,17). The Morgan fingerprint density at radius 1 is 1.50 bits per heavy atom. The maximum Gasteiger partial charge on any atom is 0.417 e. The third kappa shape index (κ3) is 2.47. The van der Waals surface area contributed by atoms with Crippen molar-refractivity contribution in [1.29, 1.82) is 0 Å². The molecule has 0 aliphatic heterocycles. The molecule has 0 unspecified atom stereocenters. The summed E-state index contributed by atoms with van der Waals surface area (Å²) < 4.78 is 38.5. The van der Waals surface area contributed by atoms with Crippen molar-refractivity contribution < 1.29 is 23.1 Å². The van der Waals surface area contributed by atoms with Gasteiger partial charge in [0.05, 0.1) is 5.56 Å². The highest BCUT2D eigenvalue weighted by atomic mass is 19.4. The van der Waals surface area contributed by atoms with E-state index in [1.807, 2.05) is 0 Å². The normalized spacial score (nSPS) is 11.6. The van der Waals surface area contributed by atoms with E-state index in [-0.39, 0.29) is 12.6 Å². The van der Waals surface area contributed by atoms with Crippen LogP contribution in [0.5, 0.6) is 5.88 Å². The van der Waals surface area contributed by atoms with E-state index in [0.29, 0.717) is 11.0 Å². The topological polar surface area (TPSA) is 85.3 Å². The Morgan fingerprint density at radius 2 is 2.06 bits per heavy atom. The number of pyridine rings is 1. The Kier molecular flexibility index (Phi) is 3.68. The number of aromatic hydroxyl groups is 1. The molecule has 0 aliphatic rings. The van der Waals surface area contributed by atoms with Gasteiger partial charge in [0.25, 0.3) is 11.5 Å². The average molecular weight is 264 g/mol. The van der Waals surface area contributed by atoms with Crippen LogP contribution >= 0.6 is 0 Å². The van der Waals surface area contributed by atoms with E-state index in [9.17, 15) is 27.9 Å². The second-order valence-corrected chi connectivity index (χ2v) is 3.61. The molecular weight excluding hydrogens is 253 g/mol. The molecule has 8 heteroatoms. The largest absolute Gasteiger partial charge is 0.494 e. The Morgan fingerprint density at radius 3 is 2.44 bits per heavy atom. The maximum absolute atomic E-state index is 12.6. The number of aromatic nitrogens is 1. The van der Waals surface area contributed by atoms with Gasteiger partial charge >= 0.3 is 6.18 Å². The molecule has 0 atom stereocenters. The van der Waals surface area contributed by atoms with Gasteiger partial charge < -0.3 is 10.8 Å². The molecule has 100 valence electrons. The molecule has 0 fully saturated rings. The number of halogens is 3. The van der Waals surface area contributed by atoms with Crippen molar-refractivity contribution >= 4 is 5.91 Å². The molecule has 18 heavy (non-hydrogen) atoms. The summed E-state index contributed by atoms with van der Waals surface area (Å²) >= 11 is 0. The highest BCUT2D eigenvalue weighted by molar-refractivity contribution is 5.96. The summed E-state index contributed by atoms with van der Waals surface area (Å²) in [5.74, 6) is -2.49. The van der Waals surface area contributed by atoms with E-state index in [4.69, 9.17) is 5.73 Å². The lowest BCUT2D eigenvalue weighted by molar-refractivity contribution is -0.138. The number of nitrogens with zero attached hydrogens (tertiary/aromatic N) is 1. The Labute approximate surface area is 99.6 Å². The maximum atomic E-state index is 12.6. The second-order valence-electron chi connectivity index (χ2n) is 3.61. The molecule has 0 spiro atoms. The van der Waals surface area contributed by atoms with Crippen LogP contribution in [-0.4, -0.2) is 15.6 Å². The van der Waals surface area contributed by atoms with Gasteiger partial charge in [-0.3, -0.25) is 14.2 Å². The molecular formula is C10H11F3N2O3. The molecule has 0 saturated heterocycles. The first-order chi connectivity index (χ1) is 8.20. The molecule has 0 radical (unpaired) electrons. The van der Waals surface area contributed by atoms with E-state index in [2.05, 4.69) is 0 Å². The Balaban J connectivity index is 3.67. The van der Waals surface area contributed by atoms with Crippen molar-refractivity contribution in [3.8, 4) is 5.88 Å². The summed E-state index contributed by atoms with van der Waals surface area (Å²) in [4.78, 5) is 22.4. The lowest BCUT2D eigenvalue weighted by atomic mass is 10.1. The minimum atomic E-state index is -4.94. The van der Waals surface area contributed by atoms with Gasteiger partial charge in [0.15, 0.2) is 0 Å². The van der Waals surface area contributed by atoms with Crippen molar-refractivity contribution in [1.82, 2.24) is 4.57 Å². The number of carbonyl (C=O) groups excluding carboxylic acids is 1. The van der Waals surface area contributed by atoms with E-state index >= 15 is 0 Å². The predicted molar refractivity (Wildman–Crippen MR) is 56.2 cm³/mol. The van der Waals surface area contributed by atoms with Crippen molar-refractivity contribution in [2.75, 3.05) is 0 Å². The van der Waals surface area contributed by atoms with Gasteiger partial charge in [-0.2, -0.15) is 13.2 Å². The van der Waals surface area contributed by atoms with Crippen molar-refractivity contribution in [3.63, 3.8) is 0 Å². The van der Waals surface area contributed by atoms with Crippen LogP contribution in [0.3, 0.4) is 0 Å². The number of hydrogen-bond donors (Lipinski definition) is 2. The third-order valence-electron chi connectivity index (χ3n) is 2.28. The van der Waals surface area contributed by atoms with Crippen LogP contribution in [0.25, 0.3) is 0 Å². The minimum absolute atomic E-state index is 0.0108. The molecule has 3 N–H and O–H groups in total. The van der Waals surface area contributed by atoms with Gasteiger partial charge in [0.1, 0.15) is 5.56 Å². The molecule has 1 aromatic rings. The van der Waals surface area contributed by atoms with Crippen LogP contribution in [0.4, 0.5) is 13.2 Å². The zero-order valence-electron chi connectivity index (χ0n) is 9.41. The highest BCUT2D eigenvalue weighted by Crippen LogP contribution is 2.34. The number of carbonyl (C=O) groups is 1. The number of nitrogens with two attached hydrogens (primary N) is 1. The molecule has 1 amide bonds. The molecule has 5 nitrogen and oxygen atoms in total. The molecule has 1 aromatic heterocycles. The molecule has 0 aliphatic carbocycles. The van der Waals surface area contributed by atoms with Crippen LogP contribution in [0.1, 0.15) is 29.3 Å². The van der Waals surface area contributed by atoms with Gasteiger partial charge in [-0.25, -0.2) is 0 Å². The molecule has 0 saturated carbocycles. The van der Waals surface area contributed by atoms with Crippen LogP contribution in [0.2, 0.25) is 0 Å². The summed E-state index contributed by atoms with van der Waals surface area (Å²) in [6, 6.07) is 0.259. The summed E-state index contributed by atoms with van der Waals surface area (Å²) in [6.07, 6.45) is -4.54. The van der Waals surface area contributed by atoms with Crippen molar-refractivity contribution in [2.24, 2.45) is 5.73 Å². The Hall–Kier alpha value is -1.99. The average Bonchev–Trinajstić information content (AvgIpc) is 2.21. The van der Waals surface area contributed by atoms with Crippen LogP contribution in [0, 0.1) is 0 Å². The molecule has 1 rings (SSSR count). The first-order valence-electron chi connectivity index (χ1n) is 5.04. The zero-order valence-corrected chi connectivity index (χ0v) is 9.41. The van der Waals surface area contributed by atoms with E-state index in [1.165, 1.54) is 0 Å². The monoisotopic (exact) mass is 264 g/mol. The molecule has 1 heterocycles. The number of amides is 1. The van der Waals surface area contributed by atoms with Crippen LogP contribution in [-0.2, 0) is 12.7 Å². The van der Waals surface area contributed by atoms with Gasteiger partial charge in [0.2, 0.25) is 5.88 Å². The summed E-state index contributed by atoms with van der Waals surface area (Å²) in [5.41, 5.74) is 1.17. The smallest absolute Gasteiger partial charge is 0.417 e. The third-order valence-corrected chi connectivity index (χ3v) is 2.28. The minimum Gasteiger partial charge on any atom is -0.494 e. The Bertz CT molecular complexity index is 534. The summed E-state index contributed by atoms with van der Waals surface area (Å²) in [7, 11) is 0. The lowest BCUT2D eigenvalue weighted by Gasteiger charge is -2.15. The predicted octanol–water partition coefficient (Wildman–Crippen LogP) is 1.08. The number of primary amides is 1. The number of rotatable bonds is 3. The van der Waals surface area contributed by atoms with Crippen molar-refractivity contribution in [2.45, 2.75) is 26.1 Å². The fourth-order valence-corrected chi connectivity index (χ4v) is 1.54. The second kappa shape index (κ2) is 4.71. The van der Waals surface area contributed by atoms with Gasteiger partial charge in [0, 0.05) is 12.6 Å². The van der Waals surface area contributed by atoms with E-state index in [0.717, 1.165) is 0 Å². The van der Waals surface area contributed by atoms with Crippen molar-refractivity contribution in [3.05, 3.63) is 27.5 Å². The van der Waals surface area contributed by atoms with Gasteiger partial charge in [-0.15, -0.1) is 0 Å². The molecule has 0 aromatic carbocycles. The highest BCUT2D eigenvalue weighted by Gasteiger charge is 2.38.